The van der Waals surface area contributed by atoms with E-state index >= 15 is 0 Å². The fourth-order valence-corrected chi connectivity index (χ4v) is 1.70. The van der Waals surface area contributed by atoms with Crippen molar-refractivity contribution in [2.75, 3.05) is 13.1 Å². The second-order valence-electron chi connectivity index (χ2n) is 4.32. The van der Waals surface area contributed by atoms with Gasteiger partial charge in [0.2, 0.25) is 5.88 Å². The average Bonchev–Trinajstić information content (AvgIpc) is 2.71. The van der Waals surface area contributed by atoms with E-state index < -0.39 is 0 Å². The molecule has 2 heterocycles. The summed E-state index contributed by atoms with van der Waals surface area (Å²) in [5.74, 6) is 1.27. The summed E-state index contributed by atoms with van der Waals surface area (Å²) in [5, 5.41) is 3.27. The molecule has 0 aromatic carbocycles. The Hall–Kier alpha value is -1.09. The van der Waals surface area contributed by atoms with E-state index in [0.717, 1.165) is 25.4 Å². The van der Waals surface area contributed by atoms with E-state index in [0.29, 0.717) is 12.0 Å². The molecule has 2 rings (SSSR count). The van der Waals surface area contributed by atoms with Gasteiger partial charge in [-0.15, -0.1) is 0 Å². The Morgan fingerprint density at radius 2 is 2.33 bits per heavy atom. The average molecular weight is 206 g/mol. The number of hydrogen-bond donors (Lipinski definition) is 1. The van der Waals surface area contributed by atoms with Crippen LogP contribution in [-0.4, -0.2) is 24.2 Å². The molecule has 0 aliphatic carbocycles. The lowest BCUT2D eigenvalue weighted by atomic mass is 10.1. The number of ether oxygens (including phenoxy) is 1. The SMILES string of the molecule is CC(C)c1ccc(OC2CCNC2)nc1. The van der Waals surface area contributed by atoms with Crippen molar-refractivity contribution in [2.45, 2.75) is 32.3 Å². The molecule has 1 aromatic rings. The predicted octanol–water partition coefficient (Wildman–Crippen LogP) is 1.95. The molecular weight excluding hydrogens is 188 g/mol. The molecule has 1 atom stereocenters. The van der Waals surface area contributed by atoms with Crippen molar-refractivity contribution in [3.63, 3.8) is 0 Å². The van der Waals surface area contributed by atoms with Gasteiger partial charge >= 0.3 is 0 Å². The molecular formula is C12H18N2O. The fraction of sp³-hybridized carbons (Fsp3) is 0.583. The van der Waals surface area contributed by atoms with E-state index in [-0.39, 0.29) is 0 Å². The second kappa shape index (κ2) is 4.62. The standard InChI is InChI=1S/C12H18N2O/c1-9(2)10-3-4-12(14-7-10)15-11-5-6-13-8-11/h3-4,7,9,11,13H,5-6,8H2,1-2H3. The van der Waals surface area contributed by atoms with Crippen LogP contribution in [0.15, 0.2) is 18.3 Å². The minimum Gasteiger partial charge on any atom is -0.473 e. The van der Waals surface area contributed by atoms with Crippen LogP contribution < -0.4 is 10.1 Å². The normalized spacial score (nSPS) is 20.9. The molecule has 1 unspecified atom stereocenters. The zero-order chi connectivity index (χ0) is 10.7. The Morgan fingerprint density at radius 3 is 2.87 bits per heavy atom. The van der Waals surface area contributed by atoms with Gasteiger partial charge in [0.05, 0.1) is 0 Å². The molecule has 3 heteroatoms. The van der Waals surface area contributed by atoms with Gasteiger partial charge < -0.3 is 10.1 Å². The number of nitrogens with one attached hydrogen (secondary N) is 1. The third kappa shape index (κ3) is 2.69. The molecule has 1 aliphatic heterocycles. The van der Waals surface area contributed by atoms with Crippen molar-refractivity contribution < 1.29 is 4.74 Å². The van der Waals surface area contributed by atoms with Gasteiger partial charge in [-0.2, -0.15) is 0 Å². The first-order valence-electron chi connectivity index (χ1n) is 5.59. The lowest BCUT2D eigenvalue weighted by Crippen LogP contribution is -2.20. The maximum Gasteiger partial charge on any atom is 0.213 e. The highest BCUT2D eigenvalue weighted by atomic mass is 16.5. The molecule has 1 aliphatic rings. The van der Waals surface area contributed by atoms with Gasteiger partial charge in [-0.25, -0.2) is 4.98 Å². The van der Waals surface area contributed by atoms with Crippen molar-refractivity contribution in [1.29, 1.82) is 0 Å². The van der Waals surface area contributed by atoms with Crippen molar-refractivity contribution in [1.82, 2.24) is 10.3 Å². The van der Waals surface area contributed by atoms with Gasteiger partial charge in [-0.3, -0.25) is 0 Å². The Balaban J connectivity index is 1.97. The highest BCUT2D eigenvalue weighted by Gasteiger charge is 2.16. The monoisotopic (exact) mass is 206 g/mol. The zero-order valence-electron chi connectivity index (χ0n) is 9.36. The van der Waals surface area contributed by atoms with E-state index in [1.165, 1.54) is 5.56 Å². The van der Waals surface area contributed by atoms with Gasteiger partial charge in [-0.05, 0) is 24.4 Å². The smallest absolute Gasteiger partial charge is 0.213 e. The van der Waals surface area contributed by atoms with Gasteiger partial charge in [-0.1, -0.05) is 19.9 Å². The van der Waals surface area contributed by atoms with Crippen LogP contribution >= 0.6 is 0 Å². The molecule has 82 valence electrons. The highest BCUT2D eigenvalue weighted by Crippen LogP contribution is 2.17. The summed E-state index contributed by atoms with van der Waals surface area (Å²) in [5.41, 5.74) is 1.26. The summed E-state index contributed by atoms with van der Waals surface area (Å²) in [6.07, 6.45) is 3.28. The number of rotatable bonds is 3. The van der Waals surface area contributed by atoms with Gasteiger partial charge in [0.15, 0.2) is 0 Å². The number of pyridine rings is 1. The fourth-order valence-electron chi connectivity index (χ4n) is 1.70. The largest absolute Gasteiger partial charge is 0.473 e. The van der Waals surface area contributed by atoms with E-state index in [2.05, 4.69) is 30.2 Å². The minimum atomic E-state index is 0.294. The summed E-state index contributed by atoms with van der Waals surface area (Å²) in [7, 11) is 0. The first kappa shape index (κ1) is 10.4. The summed E-state index contributed by atoms with van der Waals surface area (Å²) >= 11 is 0. The van der Waals surface area contributed by atoms with Gasteiger partial charge in [0.1, 0.15) is 6.10 Å². The van der Waals surface area contributed by atoms with Crippen LogP contribution in [0.4, 0.5) is 0 Å². The van der Waals surface area contributed by atoms with Crippen molar-refractivity contribution >= 4 is 0 Å². The Bertz CT molecular complexity index is 302. The summed E-state index contributed by atoms with van der Waals surface area (Å²) in [4.78, 5) is 4.31. The zero-order valence-corrected chi connectivity index (χ0v) is 9.36. The Labute approximate surface area is 90.9 Å². The van der Waals surface area contributed by atoms with Crippen LogP contribution in [0.3, 0.4) is 0 Å². The molecule has 15 heavy (non-hydrogen) atoms. The molecule has 0 bridgehead atoms. The molecule has 3 nitrogen and oxygen atoms in total. The van der Waals surface area contributed by atoms with Crippen LogP contribution in [0.1, 0.15) is 31.7 Å². The van der Waals surface area contributed by atoms with E-state index in [9.17, 15) is 0 Å². The third-order valence-corrected chi connectivity index (χ3v) is 2.73. The van der Waals surface area contributed by atoms with Crippen molar-refractivity contribution in [3.8, 4) is 5.88 Å². The quantitative estimate of drug-likeness (QED) is 0.820. The molecule has 0 saturated carbocycles. The number of hydrogen-bond acceptors (Lipinski definition) is 3. The lowest BCUT2D eigenvalue weighted by molar-refractivity contribution is 0.214. The van der Waals surface area contributed by atoms with E-state index in [4.69, 9.17) is 4.74 Å². The first-order valence-corrected chi connectivity index (χ1v) is 5.59. The van der Waals surface area contributed by atoms with Gasteiger partial charge in [0, 0.05) is 18.8 Å². The van der Waals surface area contributed by atoms with Crippen molar-refractivity contribution in [3.05, 3.63) is 23.9 Å². The minimum absolute atomic E-state index is 0.294. The maximum atomic E-state index is 5.74. The Kier molecular flexibility index (Phi) is 3.21. The summed E-state index contributed by atoms with van der Waals surface area (Å²) < 4.78 is 5.74. The molecule has 1 fully saturated rings. The van der Waals surface area contributed by atoms with Crippen LogP contribution in [-0.2, 0) is 0 Å². The Morgan fingerprint density at radius 1 is 1.47 bits per heavy atom. The van der Waals surface area contributed by atoms with Gasteiger partial charge in [0.25, 0.3) is 0 Å². The maximum absolute atomic E-state index is 5.74. The predicted molar refractivity (Wildman–Crippen MR) is 60.2 cm³/mol. The summed E-state index contributed by atoms with van der Waals surface area (Å²) in [6.45, 7) is 6.32. The second-order valence-corrected chi connectivity index (χ2v) is 4.32. The molecule has 1 saturated heterocycles. The molecule has 0 spiro atoms. The van der Waals surface area contributed by atoms with Crippen LogP contribution in [0.25, 0.3) is 0 Å². The first-order chi connectivity index (χ1) is 7.25. The van der Waals surface area contributed by atoms with Crippen LogP contribution in [0.2, 0.25) is 0 Å². The van der Waals surface area contributed by atoms with Crippen LogP contribution in [0, 0.1) is 0 Å². The molecule has 0 radical (unpaired) electrons. The number of nitrogens with zero attached hydrogens (tertiary/aromatic N) is 1. The molecule has 0 amide bonds. The molecule has 1 aromatic heterocycles. The topological polar surface area (TPSA) is 34.1 Å². The van der Waals surface area contributed by atoms with Crippen molar-refractivity contribution in [2.24, 2.45) is 0 Å². The summed E-state index contributed by atoms with van der Waals surface area (Å²) in [6, 6.07) is 4.06. The third-order valence-electron chi connectivity index (χ3n) is 2.73. The van der Waals surface area contributed by atoms with E-state index in [1.54, 1.807) is 0 Å². The lowest BCUT2D eigenvalue weighted by Gasteiger charge is -2.12. The number of aromatic nitrogens is 1. The van der Waals surface area contributed by atoms with Crippen LogP contribution in [0.5, 0.6) is 5.88 Å². The molecule has 1 N–H and O–H groups in total. The highest BCUT2D eigenvalue weighted by molar-refractivity contribution is 5.20. The van der Waals surface area contributed by atoms with E-state index in [1.807, 2.05) is 12.3 Å².